The molecule has 6 rings (SSSR count). The SMILES string of the molecule is C[C@@H]1CCC(N2CC[C@@]3(CN(C(=O)c4cc5ccccc5[nH]4)c4ccccc43)C2)CN1. The number of hydrogen-bond donors (Lipinski definition) is 2. The van der Waals surface area contributed by atoms with Crippen LogP contribution in [-0.2, 0) is 5.41 Å². The molecule has 1 spiro atoms. The number of para-hydroxylation sites is 2. The lowest BCUT2D eigenvalue weighted by molar-refractivity contribution is 0.0980. The molecule has 2 fully saturated rings. The molecular weight excluding hydrogens is 384 g/mol. The molecule has 3 aliphatic rings. The predicted octanol–water partition coefficient (Wildman–Crippen LogP) is 3.91. The topological polar surface area (TPSA) is 51.4 Å². The van der Waals surface area contributed by atoms with Crippen LogP contribution in [0.1, 0.15) is 42.2 Å². The van der Waals surface area contributed by atoms with E-state index >= 15 is 0 Å². The number of carbonyl (C=O) groups is 1. The molecule has 5 nitrogen and oxygen atoms in total. The lowest BCUT2D eigenvalue weighted by Crippen LogP contribution is -2.49. The Kier molecular flexibility index (Phi) is 4.44. The van der Waals surface area contributed by atoms with Crippen molar-refractivity contribution < 1.29 is 4.79 Å². The van der Waals surface area contributed by atoms with Crippen LogP contribution in [0.25, 0.3) is 10.9 Å². The first kappa shape index (κ1) is 19.1. The number of fused-ring (bicyclic) bond motifs is 3. The average molecular weight is 415 g/mol. The van der Waals surface area contributed by atoms with E-state index in [4.69, 9.17) is 0 Å². The second-order valence-electron chi connectivity index (χ2n) is 9.72. The fraction of sp³-hybridized carbons (Fsp3) is 0.423. The molecule has 160 valence electrons. The van der Waals surface area contributed by atoms with Gasteiger partial charge in [-0.05, 0) is 56.5 Å². The summed E-state index contributed by atoms with van der Waals surface area (Å²) in [6.07, 6.45) is 3.63. The van der Waals surface area contributed by atoms with Crippen LogP contribution in [0.4, 0.5) is 5.69 Å². The van der Waals surface area contributed by atoms with Crippen molar-refractivity contribution in [1.82, 2.24) is 15.2 Å². The van der Waals surface area contributed by atoms with Gasteiger partial charge >= 0.3 is 0 Å². The molecule has 2 saturated heterocycles. The minimum Gasteiger partial charge on any atom is -0.351 e. The molecule has 3 aliphatic heterocycles. The Morgan fingerprint density at radius 2 is 1.90 bits per heavy atom. The second kappa shape index (κ2) is 7.21. The summed E-state index contributed by atoms with van der Waals surface area (Å²) in [4.78, 5) is 21.6. The minimum atomic E-state index is 0.0430. The number of H-pyrrole nitrogens is 1. The molecule has 5 heteroatoms. The zero-order valence-corrected chi connectivity index (χ0v) is 18.1. The molecule has 1 amide bonds. The maximum Gasteiger partial charge on any atom is 0.274 e. The number of carbonyl (C=O) groups excluding carboxylic acids is 1. The van der Waals surface area contributed by atoms with Gasteiger partial charge in [0.05, 0.1) is 0 Å². The molecule has 2 aromatic carbocycles. The lowest BCUT2D eigenvalue weighted by atomic mass is 9.81. The van der Waals surface area contributed by atoms with Gasteiger partial charge in [0, 0.05) is 53.7 Å². The third-order valence-corrected chi connectivity index (χ3v) is 7.77. The highest BCUT2D eigenvalue weighted by Crippen LogP contribution is 2.47. The highest BCUT2D eigenvalue weighted by Gasteiger charge is 2.50. The van der Waals surface area contributed by atoms with Crippen molar-refractivity contribution in [2.75, 3.05) is 31.1 Å². The Hall–Kier alpha value is -2.63. The zero-order valence-electron chi connectivity index (χ0n) is 18.1. The van der Waals surface area contributed by atoms with Crippen LogP contribution in [0, 0.1) is 0 Å². The van der Waals surface area contributed by atoms with Crippen molar-refractivity contribution in [3.8, 4) is 0 Å². The van der Waals surface area contributed by atoms with E-state index in [1.54, 1.807) is 0 Å². The van der Waals surface area contributed by atoms with E-state index in [0.29, 0.717) is 17.8 Å². The number of aromatic amines is 1. The number of likely N-dealkylation sites (tertiary alicyclic amines) is 1. The highest BCUT2D eigenvalue weighted by molar-refractivity contribution is 6.09. The zero-order chi connectivity index (χ0) is 21.0. The summed E-state index contributed by atoms with van der Waals surface area (Å²) in [5, 5.41) is 4.74. The lowest BCUT2D eigenvalue weighted by Gasteiger charge is -2.35. The van der Waals surface area contributed by atoms with E-state index in [1.807, 2.05) is 29.2 Å². The molecule has 3 atom stereocenters. The van der Waals surface area contributed by atoms with Crippen LogP contribution in [0.5, 0.6) is 0 Å². The smallest absolute Gasteiger partial charge is 0.274 e. The van der Waals surface area contributed by atoms with Gasteiger partial charge in [0.2, 0.25) is 0 Å². The van der Waals surface area contributed by atoms with Crippen LogP contribution in [-0.4, -0.2) is 54.1 Å². The average Bonchev–Trinajstić information content (AvgIpc) is 3.50. The van der Waals surface area contributed by atoms with Gasteiger partial charge in [-0.15, -0.1) is 0 Å². The number of benzene rings is 2. The molecule has 0 radical (unpaired) electrons. The Bertz CT molecular complexity index is 1100. The van der Waals surface area contributed by atoms with Crippen molar-refractivity contribution in [3.63, 3.8) is 0 Å². The van der Waals surface area contributed by atoms with Crippen LogP contribution in [0.15, 0.2) is 54.6 Å². The maximum absolute atomic E-state index is 13.6. The van der Waals surface area contributed by atoms with Crippen molar-refractivity contribution in [1.29, 1.82) is 0 Å². The Labute approximate surface area is 183 Å². The molecule has 3 aromatic rings. The fourth-order valence-electron chi connectivity index (χ4n) is 6.01. The van der Waals surface area contributed by atoms with E-state index in [9.17, 15) is 4.79 Å². The van der Waals surface area contributed by atoms with E-state index in [1.165, 1.54) is 18.4 Å². The van der Waals surface area contributed by atoms with Gasteiger partial charge < -0.3 is 15.2 Å². The van der Waals surface area contributed by atoms with Crippen molar-refractivity contribution in [2.24, 2.45) is 0 Å². The van der Waals surface area contributed by atoms with Gasteiger partial charge in [-0.1, -0.05) is 36.4 Å². The quantitative estimate of drug-likeness (QED) is 0.668. The third-order valence-electron chi connectivity index (χ3n) is 7.77. The van der Waals surface area contributed by atoms with Crippen LogP contribution in [0.2, 0.25) is 0 Å². The van der Waals surface area contributed by atoms with Gasteiger partial charge in [0.15, 0.2) is 0 Å². The number of amides is 1. The van der Waals surface area contributed by atoms with Crippen LogP contribution < -0.4 is 10.2 Å². The molecule has 1 aromatic heterocycles. The van der Waals surface area contributed by atoms with Crippen molar-refractivity contribution >= 4 is 22.5 Å². The summed E-state index contributed by atoms with van der Waals surface area (Å²) in [6, 6.07) is 19.9. The van der Waals surface area contributed by atoms with E-state index in [2.05, 4.69) is 52.5 Å². The van der Waals surface area contributed by atoms with Gasteiger partial charge in [-0.2, -0.15) is 0 Å². The van der Waals surface area contributed by atoms with Gasteiger partial charge in [0.1, 0.15) is 5.69 Å². The molecule has 2 N–H and O–H groups in total. The summed E-state index contributed by atoms with van der Waals surface area (Å²) in [5.41, 5.74) is 4.16. The van der Waals surface area contributed by atoms with Gasteiger partial charge in [-0.25, -0.2) is 0 Å². The maximum atomic E-state index is 13.6. The summed E-state index contributed by atoms with van der Waals surface area (Å²) in [7, 11) is 0. The van der Waals surface area contributed by atoms with Gasteiger partial charge in [0.25, 0.3) is 5.91 Å². The monoisotopic (exact) mass is 414 g/mol. The minimum absolute atomic E-state index is 0.0430. The number of piperidine rings is 1. The van der Waals surface area contributed by atoms with E-state index in [-0.39, 0.29) is 11.3 Å². The summed E-state index contributed by atoms with van der Waals surface area (Å²) < 4.78 is 0. The van der Waals surface area contributed by atoms with E-state index in [0.717, 1.165) is 49.2 Å². The summed E-state index contributed by atoms with van der Waals surface area (Å²) in [6.45, 7) is 6.29. The summed E-state index contributed by atoms with van der Waals surface area (Å²) in [5.74, 6) is 0.0760. The predicted molar refractivity (Wildman–Crippen MR) is 125 cm³/mol. The van der Waals surface area contributed by atoms with Crippen LogP contribution in [0.3, 0.4) is 0 Å². The molecule has 4 heterocycles. The Morgan fingerprint density at radius 1 is 1.06 bits per heavy atom. The van der Waals surface area contributed by atoms with Crippen molar-refractivity contribution in [3.05, 3.63) is 65.9 Å². The van der Waals surface area contributed by atoms with Crippen LogP contribution >= 0.6 is 0 Å². The second-order valence-corrected chi connectivity index (χ2v) is 9.72. The third kappa shape index (κ3) is 3.10. The number of nitrogens with one attached hydrogen (secondary N) is 2. The number of nitrogens with zero attached hydrogens (tertiary/aromatic N) is 2. The molecule has 0 bridgehead atoms. The standard InChI is InChI=1S/C26H30N4O/c1-18-10-11-20(15-27-18)29-13-12-26(16-29)17-30(24-9-5-3-7-21(24)26)25(31)23-14-19-6-2-4-8-22(19)28-23/h2-9,14,18,20,27-28H,10-13,15-17H2,1H3/t18-,20?,26+/m1/s1. The number of rotatable bonds is 2. The van der Waals surface area contributed by atoms with Crippen molar-refractivity contribution in [2.45, 2.75) is 43.7 Å². The molecule has 1 unspecified atom stereocenters. The first-order valence-electron chi connectivity index (χ1n) is 11.6. The molecular formula is C26H30N4O. The molecule has 0 aliphatic carbocycles. The number of anilines is 1. The number of hydrogen-bond acceptors (Lipinski definition) is 3. The molecule has 0 saturated carbocycles. The first-order chi connectivity index (χ1) is 15.1. The normalized spacial score (nSPS) is 28.5. The first-order valence-corrected chi connectivity index (χ1v) is 11.6. The number of aromatic nitrogens is 1. The van der Waals surface area contributed by atoms with E-state index < -0.39 is 0 Å². The Morgan fingerprint density at radius 3 is 2.74 bits per heavy atom. The summed E-state index contributed by atoms with van der Waals surface area (Å²) >= 11 is 0. The largest absolute Gasteiger partial charge is 0.351 e. The molecule has 31 heavy (non-hydrogen) atoms. The van der Waals surface area contributed by atoms with Gasteiger partial charge in [-0.3, -0.25) is 9.69 Å². The fourth-order valence-corrected chi connectivity index (χ4v) is 6.01. The highest BCUT2D eigenvalue weighted by atomic mass is 16.2. The Balaban J connectivity index is 1.29.